The van der Waals surface area contributed by atoms with Crippen molar-refractivity contribution in [1.82, 2.24) is 0 Å². The summed E-state index contributed by atoms with van der Waals surface area (Å²) in [7, 11) is -8.20. The molecule has 0 aromatic rings. The number of rotatable bonds is 26. The molecule has 232 valence electrons. The Morgan fingerprint density at radius 3 is 0.718 bits per heavy atom. The van der Waals surface area contributed by atoms with Gasteiger partial charge in [-0.2, -0.15) is 0 Å². The monoisotopic (exact) mass is 720 g/mol. The van der Waals surface area contributed by atoms with Crippen molar-refractivity contribution < 1.29 is 25.9 Å². The molecule has 39 heavy (non-hydrogen) atoms. The number of hydrogen-bond acceptors (Lipinski definition) is 6. The quantitative estimate of drug-likeness (QED) is 0.0501. The van der Waals surface area contributed by atoms with E-state index >= 15 is 0 Å². The van der Waals surface area contributed by atoms with Crippen LogP contribution in [0.25, 0.3) is 0 Å². The third-order valence-electron chi connectivity index (χ3n) is 7.34. The molecule has 0 fully saturated rings. The molecule has 0 amide bonds. The average molecular weight is 720 g/mol. The summed E-state index contributed by atoms with van der Waals surface area (Å²) in [6.45, 7) is 8.62. The van der Waals surface area contributed by atoms with Crippen LogP contribution in [0.2, 0.25) is 0 Å². The van der Waals surface area contributed by atoms with Gasteiger partial charge in [0.05, 0.1) is 20.2 Å². The Labute approximate surface area is 284 Å². The first-order valence-electron chi connectivity index (χ1n) is 15.9. The van der Waals surface area contributed by atoms with Crippen molar-refractivity contribution in [2.45, 2.75) is 192 Å². The summed E-state index contributed by atoms with van der Waals surface area (Å²) in [6.07, 6.45) is 24.1. The molecule has 0 atom stereocenters. The van der Waals surface area contributed by atoms with Gasteiger partial charge in [0.15, 0.2) is 0 Å². The van der Waals surface area contributed by atoms with Crippen LogP contribution in [0.4, 0.5) is 0 Å². The van der Waals surface area contributed by atoms with Crippen LogP contribution >= 0.6 is 0 Å². The van der Waals surface area contributed by atoms with Crippen molar-refractivity contribution in [2.24, 2.45) is 0 Å². The van der Waals surface area contributed by atoms with E-state index in [9.17, 15) is 25.9 Å². The van der Waals surface area contributed by atoms with E-state index < -0.39 is 30.7 Å². The average Bonchev–Trinajstić information content (AvgIpc) is 2.84. The molecule has 0 saturated heterocycles. The second-order valence-electron chi connectivity index (χ2n) is 11.0. The van der Waals surface area contributed by atoms with Crippen molar-refractivity contribution in [3.05, 3.63) is 0 Å². The van der Waals surface area contributed by atoms with Gasteiger partial charge in [-0.3, -0.25) is 0 Å². The van der Waals surface area contributed by atoms with Crippen LogP contribution in [-0.2, 0) is 20.2 Å². The molecule has 0 radical (unpaired) electrons. The summed E-state index contributed by atoms with van der Waals surface area (Å²) >= 11 is 0. The Balaban J connectivity index is -0.000000648. The molecule has 0 aliphatic carbocycles. The van der Waals surface area contributed by atoms with Gasteiger partial charge in [-0.25, -0.2) is 16.8 Å². The topological polar surface area (TPSA) is 114 Å². The molecule has 0 unspecified atom stereocenters. The minimum absolute atomic E-state index is 0. The van der Waals surface area contributed by atoms with E-state index in [-0.39, 0.29) is 48.9 Å². The maximum Gasteiger partial charge on any atom is 2.00 e. The van der Waals surface area contributed by atoms with Crippen LogP contribution in [0, 0.1) is 0 Å². The molecule has 6 nitrogen and oxygen atoms in total. The zero-order chi connectivity index (χ0) is 29.1. The van der Waals surface area contributed by atoms with E-state index in [0.29, 0.717) is 25.7 Å². The molecule has 0 N–H and O–H groups in total. The molecule has 0 aliphatic rings. The Bertz CT molecular complexity index is 610. The molecule has 0 aromatic heterocycles. The normalized spacial score (nSPS) is 11.9. The van der Waals surface area contributed by atoms with E-state index in [0.717, 1.165) is 77.0 Å². The molecule has 0 heterocycles. The largest absolute Gasteiger partial charge is 2.00 e. The molecule has 0 rings (SSSR count). The summed E-state index contributed by atoms with van der Waals surface area (Å²) in [5.74, 6) is 0. The number of unbranched alkanes of at least 4 members (excludes halogenated alkanes) is 16. The second-order valence-corrected chi connectivity index (χ2v) is 14.3. The van der Waals surface area contributed by atoms with Crippen LogP contribution in [0.1, 0.15) is 182 Å². The Kier molecular flexibility index (Phi) is 35.4. The summed E-state index contributed by atoms with van der Waals surface area (Å²) in [4.78, 5) is 0. The Morgan fingerprint density at radius 2 is 0.564 bits per heavy atom. The zero-order valence-electron chi connectivity index (χ0n) is 26.1. The fourth-order valence-electron chi connectivity index (χ4n) is 4.77. The summed E-state index contributed by atoms with van der Waals surface area (Å²) in [6, 6.07) is 0. The van der Waals surface area contributed by atoms with E-state index in [4.69, 9.17) is 0 Å². The first kappa shape index (κ1) is 44.8. The van der Waals surface area contributed by atoms with E-state index in [1.165, 1.54) is 51.4 Å². The third kappa shape index (κ3) is 32.1. The Hall–Kier alpha value is 1.39. The van der Waals surface area contributed by atoms with Gasteiger partial charge in [0.25, 0.3) is 0 Å². The van der Waals surface area contributed by atoms with Gasteiger partial charge in [0.1, 0.15) is 0 Å². The molecule has 9 heteroatoms. The summed E-state index contributed by atoms with van der Waals surface area (Å²) < 4.78 is 67.3. The van der Waals surface area contributed by atoms with Crippen molar-refractivity contribution in [3.8, 4) is 0 Å². The van der Waals surface area contributed by atoms with Crippen LogP contribution < -0.4 is 0 Å². The first-order valence-corrected chi connectivity index (χ1v) is 18.9. The SMILES string of the molecule is CCCCCCCC(CCCCCCC)S(=O)(=O)[O-].CCCCCCCC(CCCCCCC)S(=O)(=O)[O-].[Ba+2]. The van der Waals surface area contributed by atoms with Gasteiger partial charge < -0.3 is 9.11 Å². The van der Waals surface area contributed by atoms with Crippen molar-refractivity contribution in [1.29, 1.82) is 0 Å². The predicted molar refractivity (Wildman–Crippen MR) is 166 cm³/mol. The smallest absolute Gasteiger partial charge is 0.748 e. The molecule has 0 bridgehead atoms. The summed E-state index contributed by atoms with van der Waals surface area (Å²) in [5, 5.41) is -1.29. The van der Waals surface area contributed by atoms with Crippen LogP contribution in [0.3, 0.4) is 0 Å². The first-order chi connectivity index (χ1) is 18.0. The van der Waals surface area contributed by atoms with Crippen LogP contribution in [-0.4, -0.2) is 85.3 Å². The molecule has 0 saturated carbocycles. The van der Waals surface area contributed by atoms with Gasteiger partial charge >= 0.3 is 48.9 Å². The van der Waals surface area contributed by atoms with E-state index in [1.54, 1.807) is 0 Å². The second kappa shape index (κ2) is 30.8. The molecular formula is C30H62BaO6S2. The maximum absolute atomic E-state index is 11.2. The van der Waals surface area contributed by atoms with Gasteiger partial charge in [-0.15, -0.1) is 0 Å². The van der Waals surface area contributed by atoms with Gasteiger partial charge in [0.2, 0.25) is 0 Å². The molecule has 0 aromatic carbocycles. The molecular weight excluding hydrogens is 658 g/mol. The zero-order valence-corrected chi connectivity index (χ0v) is 32.2. The van der Waals surface area contributed by atoms with Crippen molar-refractivity contribution in [2.75, 3.05) is 0 Å². The van der Waals surface area contributed by atoms with Crippen molar-refractivity contribution in [3.63, 3.8) is 0 Å². The van der Waals surface area contributed by atoms with E-state index in [1.807, 2.05) is 0 Å². The minimum Gasteiger partial charge on any atom is -0.748 e. The fraction of sp³-hybridized carbons (Fsp3) is 1.00. The van der Waals surface area contributed by atoms with Crippen LogP contribution in [0.5, 0.6) is 0 Å². The van der Waals surface area contributed by atoms with Gasteiger partial charge in [-0.1, -0.05) is 156 Å². The third-order valence-corrected chi connectivity index (χ3v) is 9.91. The fourth-order valence-corrected chi connectivity index (χ4v) is 6.59. The predicted octanol–water partition coefficient (Wildman–Crippen LogP) is 8.86. The van der Waals surface area contributed by atoms with Gasteiger partial charge in [-0.05, 0) is 25.7 Å². The minimum atomic E-state index is -4.10. The van der Waals surface area contributed by atoms with Gasteiger partial charge in [0, 0.05) is 10.5 Å². The van der Waals surface area contributed by atoms with Crippen LogP contribution in [0.15, 0.2) is 0 Å². The molecule has 0 aliphatic heterocycles. The molecule has 0 spiro atoms. The Morgan fingerprint density at radius 1 is 0.385 bits per heavy atom. The van der Waals surface area contributed by atoms with E-state index in [2.05, 4.69) is 27.7 Å². The van der Waals surface area contributed by atoms with Crippen molar-refractivity contribution >= 4 is 69.1 Å². The summed E-state index contributed by atoms with van der Waals surface area (Å²) in [5.41, 5.74) is 0. The maximum atomic E-state index is 11.2. The standard InChI is InChI=1S/2C15H32O3S.Ba/c2*1-3-5-7-9-11-13-15(19(16,17)18)14-12-10-8-6-4-2;/h2*15H,3-14H2,1-2H3,(H,16,17,18);/q;;+2/p-2. The number of hydrogen-bond donors (Lipinski definition) is 0.